The number of benzene rings is 15. The van der Waals surface area contributed by atoms with Gasteiger partial charge >= 0.3 is 0 Å². The molecule has 0 bridgehead atoms. The van der Waals surface area contributed by atoms with Crippen LogP contribution in [0.25, 0.3) is 175 Å². The lowest BCUT2D eigenvalue weighted by molar-refractivity contribution is 0.670. The summed E-state index contributed by atoms with van der Waals surface area (Å²) in [5, 5.41) is 25.0. The van der Waals surface area contributed by atoms with Crippen LogP contribution in [0.2, 0.25) is 0 Å². The first kappa shape index (κ1) is 39.2. The molecule has 0 unspecified atom stereocenters. The zero-order valence-electron chi connectivity index (χ0n) is 39.5. The summed E-state index contributed by atoms with van der Waals surface area (Å²) in [6.07, 6.45) is 0. The molecule has 0 saturated carbocycles. The normalized spacial score (nSPS) is 12.4. The van der Waals surface area contributed by atoms with Gasteiger partial charge in [0, 0.05) is 16.3 Å². The summed E-state index contributed by atoms with van der Waals surface area (Å²) < 4.78 is 6.78. The van der Waals surface area contributed by atoms with Crippen molar-refractivity contribution in [2.75, 3.05) is 0 Å². The Morgan fingerprint density at radius 2 is 0.438 bits per heavy atom. The summed E-state index contributed by atoms with van der Waals surface area (Å²) in [4.78, 5) is 0. The van der Waals surface area contributed by atoms with E-state index in [1.807, 2.05) is 0 Å². The summed E-state index contributed by atoms with van der Waals surface area (Å²) in [7, 11) is 0. The Bertz CT molecular complexity index is 5150. The average Bonchev–Trinajstić information content (AvgIpc) is 3.85. The SMILES string of the molecule is c1ccc2c(c1)oc1c(-c3ccc4c(c3)-c3cc5c6ccccc6c6ccccc6c5cc3-c3cc5c6ccccc6c6ccccc6c5cc3-c3cc5c6ccccc6c6ccccc6c5cc3-4)cccc12. The maximum atomic E-state index is 6.78. The van der Waals surface area contributed by atoms with Crippen molar-refractivity contribution in [3.63, 3.8) is 0 Å². The molecule has 73 heavy (non-hydrogen) atoms. The van der Waals surface area contributed by atoms with Gasteiger partial charge < -0.3 is 4.42 Å². The predicted molar refractivity (Wildman–Crippen MR) is 312 cm³/mol. The van der Waals surface area contributed by atoms with Crippen molar-refractivity contribution in [3.8, 4) is 55.6 Å². The highest BCUT2D eigenvalue weighted by Gasteiger charge is 2.28. The molecule has 0 atom stereocenters. The van der Waals surface area contributed by atoms with Gasteiger partial charge in [-0.3, -0.25) is 0 Å². The van der Waals surface area contributed by atoms with Gasteiger partial charge in [-0.2, -0.15) is 0 Å². The Balaban J connectivity index is 1.10. The molecule has 0 radical (unpaired) electrons. The second-order valence-electron chi connectivity index (χ2n) is 20.1. The van der Waals surface area contributed by atoms with Gasteiger partial charge in [-0.25, -0.2) is 0 Å². The maximum absolute atomic E-state index is 6.78. The minimum Gasteiger partial charge on any atom is -0.455 e. The zero-order chi connectivity index (χ0) is 47.5. The molecule has 1 aromatic heterocycles. The van der Waals surface area contributed by atoms with E-state index < -0.39 is 0 Å². The second kappa shape index (κ2) is 14.5. The Morgan fingerprint density at radius 3 is 0.795 bits per heavy atom. The van der Waals surface area contributed by atoms with E-state index in [0.29, 0.717) is 0 Å². The van der Waals surface area contributed by atoms with Crippen LogP contribution < -0.4 is 0 Å². The van der Waals surface area contributed by atoms with E-state index in [4.69, 9.17) is 4.42 Å². The molecule has 0 saturated heterocycles. The third-order valence-corrected chi connectivity index (χ3v) is 16.5. The Hall–Kier alpha value is -9.56. The summed E-state index contributed by atoms with van der Waals surface area (Å²) >= 11 is 0. The summed E-state index contributed by atoms with van der Waals surface area (Å²) in [5.74, 6) is 0. The molecule has 0 fully saturated rings. The lowest BCUT2D eigenvalue weighted by atomic mass is 9.76. The van der Waals surface area contributed by atoms with E-state index >= 15 is 0 Å². The van der Waals surface area contributed by atoms with E-state index in [-0.39, 0.29) is 0 Å². The van der Waals surface area contributed by atoms with E-state index in [9.17, 15) is 0 Å². The first-order valence-electron chi connectivity index (χ1n) is 25.4. The molecule has 0 aliphatic heterocycles. The molecule has 1 aliphatic carbocycles. The zero-order valence-corrected chi connectivity index (χ0v) is 39.5. The van der Waals surface area contributed by atoms with Crippen molar-refractivity contribution in [1.82, 2.24) is 0 Å². The number of hydrogen-bond acceptors (Lipinski definition) is 1. The molecule has 0 amide bonds. The molecule has 1 nitrogen and oxygen atoms in total. The topological polar surface area (TPSA) is 13.1 Å². The first-order valence-corrected chi connectivity index (χ1v) is 25.4. The molecular formula is C72H40O. The highest BCUT2D eigenvalue weighted by Crippen LogP contribution is 2.55. The van der Waals surface area contributed by atoms with Gasteiger partial charge in [-0.1, -0.05) is 194 Å². The number of fused-ring (bicyclic) bond motifs is 29. The van der Waals surface area contributed by atoms with Crippen molar-refractivity contribution >= 4 is 119 Å². The third-order valence-electron chi connectivity index (χ3n) is 16.5. The van der Waals surface area contributed by atoms with Crippen molar-refractivity contribution in [1.29, 1.82) is 0 Å². The van der Waals surface area contributed by atoms with Crippen LogP contribution in [0.5, 0.6) is 0 Å². The van der Waals surface area contributed by atoms with E-state index in [0.717, 1.165) is 33.1 Å². The fourth-order valence-corrected chi connectivity index (χ4v) is 13.3. The average molecular weight is 921 g/mol. The Morgan fingerprint density at radius 1 is 0.164 bits per heavy atom. The molecule has 1 heterocycles. The van der Waals surface area contributed by atoms with Gasteiger partial charge in [0.1, 0.15) is 11.2 Å². The third kappa shape index (κ3) is 5.35. The molecule has 17 rings (SSSR count). The molecule has 0 N–H and O–H groups in total. The van der Waals surface area contributed by atoms with Crippen LogP contribution in [-0.2, 0) is 0 Å². The number of para-hydroxylation sites is 2. The summed E-state index contributed by atoms with van der Waals surface area (Å²) in [6, 6.07) is 91.3. The van der Waals surface area contributed by atoms with Crippen LogP contribution in [0.1, 0.15) is 0 Å². The quantitative estimate of drug-likeness (QED) is 0.150. The first-order chi connectivity index (χ1) is 36.2. The number of hydrogen-bond donors (Lipinski definition) is 0. The van der Waals surface area contributed by atoms with Crippen LogP contribution in [0.3, 0.4) is 0 Å². The molecule has 1 aliphatic rings. The number of rotatable bonds is 1. The van der Waals surface area contributed by atoms with E-state index in [1.165, 1.54) is 141 Å². The molecular weight excluding hydrogens is 881 g/mol. The fraction of sp³-hybridized carbons (Fsp3) is 0. The van der Waals surface area contributed by atoms with Crippen LogP contribution >= 0.6 is 0 Å². The molecule has 1 heteroatoms. The lowest BCUT2D eigenvalue weighted by Crippen LogP contribution is -2.00. The summed E-state index contributed by atoms with van der Waals surface area (Å²) in [6.45, 7) is 0. The highest BCUT2D eigenvalue weighted by atomic mass is 16.3. The fourth-order valence-electron chi connectivity index (χ4n) is 13.3. The molecule has 0 spiro atoms. The minimum absolute atomic E-state index is 0.900. The molecule has 16 aromatic rings. The van der Waals surface area contributed by atoms with Gasteiger partial charge in [0.05, 0.1) is 0 Å². The highest BCUT2D eigenvalue weighted by molar-refractivity contribution is 6.31. The Labute approximate surface area is 419 Å². The van der Waals surface area contributed by atoms with Crippen LogP contribution in [0.4, 0.5) is 0 Å². The lowest BCUT2D eigenvalue weighted by Gasteiger charge is -2.27. The van der Waals surface area contributed by atoms with Crippen LogP contribution in [-0.4, -0.2) is 0 Å². The Kier molecular flexibility index (Phi) is 7.79. The molecule has 334 valence electrons. The number of furan rings is 1. The van der Waals surface area contributed by atoms with Crippen LogP contribution in [0.15, 0.2) is 247 Å². The standard InChI is InChI=1S/C72H40O/c1-7-22-49-43(16-1)44-17-3-9-24-51(44)61-37-67-65(35-59(49)61)55-33-32-41(42-29-15-30-57-56-28-13-14-31-71(56)73-72(42)57)34-58(55)66-36-60-50-23-8-2-18-45(50)46-19-4-10-25-52(46)62(60)38-68(66)70-40-64-54-27-12-6-21-48(54)47-20-5-11-26-53(47)63(64)39-69(67)70/h1-40H. The maximum Gasteiger partial charge on any atom is 0.143 e. The van der Waals surface area contributed by atoms with E-state index in [1.54, 1.807) is 0 Å². The smallest absolute Gasteiger partial charge is 0.143 e. The van der Waals surface area contributed by atoms with Gasteiger partial charge in [-0.05, 0) is 196 Å². The van der Waals surface area contributed by atoms with Crippen LogP contribution in [0, 0.1) is 0 Å². The van der Waals surface area contributed by atoms with Crippen molar-refractivity contribution in [2.24, 2.45) is 0 Å². The molecule has 15 aromatic carbocycles. The van der Waals surface area contributed by atoms with Crippen molar-refractivity contribution in [2.45, 2.75) is 0 Å². The van der Waals surface area contributed by atoms with Crippen molar-refractivity contribution < 1.29 is 4.42 Å². The van der Waals surface area contributed by atoms with Gasteiger partial charge in [0.2, 0.25) is 0 Å². The second-order valence-corrected chi connectivity index (χ2v) is 20.1. The van der Waals surface area contributed by atoms with E-state index in [2.05, 4.69) is 243 Å². The minimum atomic E-state index is 0.900. The van der Waals surface area contributed by atoms with Gasteiger partial charge in [0.25, 0.3) is 0 Å². The van der Waals surface area contributed by atoms with Gasteiger partial charge in [0.15, 0.2) is 0 Å². The van der Waals surface area contributed by atoms with Gasteiger partial charge in [-0.15, -0.1) is 0 Å². The van der Waals surface area contributed by atoms with Crippen molar-refractivity contribution in [3.05, 3.63) is 243 Å². The largest absolute Gasteiger partial charge is 0.455 e. The summed E-state index contributed by atoms with van der Waals surface area (Å²) in [5.41, 5.74) is 13.7. The predicted octanol–water partition coefficient (Wildman–Crippen LogP) is 20.6. The monoisotopic (exact) mass is 920 g/mol.